The summed E-state index contributed by atoms with van der Waals surface area (Å²) in [4.78, 5) is 12.4. The second kappa shape index (κ2) is 8.02. The van der Waals surface area contributed by atoms with E-state index in [4.69, 9.17) is 9.72 Å². The molecule has 1 N–H and O–H groups in total. The number of hydrogen-bond acceptors (Lipinski definition) is 4. The van der Waals surface area contributed by atoms with Crippen LogP contribution < -0.4 is 4.74 Å². The third-order valence-electron chi connectivity index (χ3n) is 4.46. The van der Waals surface area contributed by atoms with Crippen LogP contribution in [0.15, 0.2) is 66.0 Å². The molecule has 0 saturated heterocycles. The summed E-state index contributed by atoms with van der Waals surface area (Å²) < 4.78 is 19.4. The van der Waals surface area contributed by atoms with Crippen LogP contribution in [0, 0.1) is 6.92 Å². The number of aromatic amines is 1. The number of halogens is 1. The monoisotopic (exact) mass is 393 g/mol. The van der Waals surface area contributed by atoms with E-state index in [1.54, 1.807) is 18.3 Å². The minimum Gasteiger partial charge on any atom is -0.439 e. The van der Waals surface area contributed by atoms with Crippen LogP contribution in [0.5, 0.6) is 11.6 Å². The molecule has 1 atom stereocenters. The zero-order valence-corrected chi connectivity index (χ0v) is 16.5. The first-order chi connectivity index (χ1) is 13.6. The van der Waals surface area contributed by atoms with Crippen LogP contribution in [0.4, 0.5) is 4.39 Å². The molecule has 28 heavy (non-hydrogen) atoms. The maximum atomic E-state index is 13.5. The lowest BCUT2D eigenvalue weighted by molar-refractivity contribution is 0.402. The number of alkyl halides is 1. The molecule has 6 heteroatoms. The van der Waals surface area contributed by atoms with Gasteiger partial charge in [0.05, 0.1) is 11.4 Å². The molecule has 0 fully saturated rings. The number of nitrogens with zero attached hydrogens (tertiary/aromatic N) is 2. The molecule has 0 aliphatic heterocycles. The van der Waals surface area contributed by atoms with Gasteiger partial charge in [0, 0.05) is 24.2 Å². The van der Waals surface area contributed by atoms with E-state index in [1.807, 2.05) is 55.7 Å². The molecule has 0 amide bonds. The number of hydrogen-bond donors (Lipinski definition) is 1. The maximum absolute atomic E-state index is 13.5. The highest BCUT2D eigenvalue weighted by Crippen LogP contribution is 2.33. The van der Waals surface area contributed by atoms with Crippen LogP contribution in [0.25, 0.3) is 16.8 Å². The summed E-state index contributed by atoms with van der Waals surface area (Å²) in [7, 11) is 0. The third kappa shape index (κ3) is 4.02. The molecular formula is C22H20FN3OS. The van der Waals surface area contributed by atoms with E-state index in [-0.39, 0.29) is 0 Å². The fraction of sp³-hybridized carbons (Fsp3) is 0.182. The first-order valence-corrected chi connectivity index (χ1v) is 10.2. The summed E-state index contributed by atoms with van der Waals surface area (Å²) in [6.45, 7) is 2.03. The van der Waals surface area contributed by atoms with Crippen LogP contribution >= 0.6 is 11.8 Å². The molecular weight excluding hydrogens is 373 g/mol. The molecule has 2 aromatic heterocycles. The zero-order chi connectivity index (χ0) is 19.5. The van der Waals surface area contributed by atoms with E-state index in [1.165, 1.54) is 17.3 Å². The van der Waals surface area contributed by atoms with Crippen molar-refractivity contribution < 1.29 is 9.13 Å². The molecule has 1 aliphatic rings. The van der Waals surface area contributed by atoms with E-state index in [9.17, 15) is 4.39 Å². The van der Waals surface area contributed by atoms with Crippen molar-refractivity contribution in [2.45, 2.75) is 24.7 Å². The van der Waals surface area contributed by atoms with Gasteiger partial charge in [-0.3, -0.25) is 0 Å². The molecule has 1 unspecified atom stereocenters. The van der Waals surface area contributed by atoms with Crippen LogP contribution in [-0.2, 0) is 0 Å². The number of rotatable bonds is 5. The second-order valence-electron chi connectivity index (χ2n) is 6.54. The highest BCUT2D eigenvalue weighted by molar-refractivity contribution is 7.98. The number of thioether (sulfide) groups is 1. The lowest BCUT2D eigenvalue weighted by Gasteiger charge is -2.11. The number of H-pyrrole nitrogens is 1. The van der Waals surface area contributed by atoms with Crippen molar-refractivity contribution in [2.24, 2.45) is 0 Å². The Balaban J connectivity index is 1.68. The molecule has 0 bridgehead atoms. The fourth-order valence-corrected chi connectivity index (χ4v) is 3.37. The highest BCUT2D eigenvalue weighted by atomic mass is 32.2. The Bertz CT molecular complexity index is 1040. The average molecular weight is 393 g/mol. The van der Waals surface area contributed by atoms with Gasteiger partial charge in [-0.2, -0.15) is 0 Å². The fourth-order valence-electron chi connectivity index (χ4n) is 2.99. The summed E-state index contributed by atoms with van der Waals surface area (Å²) in [6.07, 6.45) is 8.41. The minimum atomic E-state index is -0.925. The van der Waals surface area contributed by atoms with Crippen molar-refractivity contribution in [3.05, 3.63) is 72.1 Å². The predicted molar refractivity (Wildman–Crippen MR) is 111 cm³/mol. The van der Waals surface area contributed by atoms with Gasteiger partial charge in [0.25, 0.3) is 0 Å². The highest BCUT2D eigenvalue weighted by Gasteiger charge is 2.18. The maximum Gasteiger partial charge on any atom is 0.219 e. The van der Waals surface area contributed by atoms with Gasteiger partial charge in [-0.15, -0.1) is 0 Å². The van der Waals surface area contributed by atoms with Crippen molar-refractivity contribution in [1.82, 2.24) is 15.0 Å². The summed E-state index contributed by atoms with van der Waals surface area (Å²) in [6, 6.07) is 11.6. The van der Waals surface area contributed by atoms with E-state index in [2.05, 4.69) is 9.97 Å². The Morgan fingerprint density at radius 1 is 1.21 bits per heavy atom. The normalized spacial score (nSPS) is 16.1. The standard InChI is InChI=1S/C22H20FN3OS/c1-14-3-9-18(10-4-14)27-19-13-16(11-12-24-19)21-20(25-22(26-21)28-2)15-5-7-17(23)8-6-15/h3-7,9-13,17H,8H2,1-2H3,(H,25,26). The topological polar surface area (TPSA) is 50.8 Å². The molecule has 1 aliphatic carbocycles. The first-order valence-electron chi connectivity index (χ1n) is 9.00. The quantitative estimate of drug-likeness (QED) is 0.542. The average Bonchev–Trinajstić information content (AvgIpc) is 3.15. The molecule has 0 saturated carbocycles. The van der Waals surface area contributed by atoms with Crippen molar-refractivity contribution in [3.63, 3.8) is 0 Å². The van der Waals surface area contributed by atoms with Crippen molar-refractivity contribution in [2.75, 3.05) is 6.26 Å². The first kappa shape index (κ1) is 18.5. The van der Waals surface area contributed by atoms with Gasteiger partial charge >= 0.3 is 0 Å². The van der Waals surface area contributed by atoms with Gasteiger partial charge in [0.15, 0.2) is 5.16 Å². The molecule has 0 radical (unpaired) electrons. The van der Waals surface area contributed by atoms with Gasteiger partial charge in [-0.1, -0.05) is 41.6 Å². The largest absolute Gasteiger partial charge is 0.439 e. The Morgan fingerprint density at radius 2 is 2.04 bits per heavy atom. The van der Waals surface area contributed by atoms with E-state index in [0.29, 0.717) is 12.3 Å². The number of aryl methyl sites for hydroxylation is 1. The summed E-state index contributed by atoms with van der Waals surface area (Å²) in [5, 5.41) is 0.805. The van der Waals surface area contributed by atoms with Crippen molar-refractivity contribution >= 4 is 17.3 Å². The Hall–Kier alpha value is -2.86. The Labute approximate surface area is 167 Å². The summed E-state index contributed by atoms with van der Waals surface area (Å²) in [5.74, 6) is 1.23. The molecule has 0 spiro atoms. The molecule has 142 valence electrons. The number of allylic oxidation sites excluding steroid dienone is 4. The summed E-state index contributed by atoms with van der Waals surface area (Å²) >= 11 is 1.53. The molecule has 4 rings (SSSR count). The SMILES string of the molecule is CSc1nc(-c2ccnc(Oc3ccc(C)cc3)c2)c(C2=CCC(F)C=C2)[nH]1. The lowest BCUT2D eigenvalue weighted by atomic mass is 10.00. The number of benzene rings is 1. The minimum absolute atomic E-state index is 0.372. The predicted octanol–water partition coefficient (Wildman–Crippen LogP) is 5.98. The Kier molecular flexibility index (Phi) is 5.30. The van der Waals surface area contributed by atoms with Gasteiger partial charge in [-0.05, 0) is 43.0 Å². The van der Waals surface area contributed by atoms with E-state index in [0.717, 1.165) is 33.4 Å². The van der Waals surface area contributed by atoms with E-state index < -0.39 is 6.17 Å². The van der Waals surface area contributed by atoms with Crippen molar-refractivity contribution in [1.29, 1.82) is 0 Å². The van der Waals surface area contributed by atoms with Gasteiger partial charge < -0.3 is 9.72 Å². The molecule has 3 aromatic rings. The number of pyridine rings is 1. The molecule has 1 aromatic carbocycles. The van der Waals surface area contributed by atoms with Crippen LogP contribution in [0.3, 0.4) is 0 Å². The van der Waals surface area contributed by atoms with Crippen LogP contribution in [-0.4, -0.2) is 27.4 Å². The van der Waals surface area contributed by atoms with Crippen LogP contribution in [0.1, 0.15) is 17.7 Å². The van der Waals surface area contributed by atoms with Gasteiger partial charge in [0.1, 0.15) is 11.9 Å². The smallest absolute Gasteiger partial charge is 0.219 e. The van der Waals surface area contributed by atoms with Crippen molar-refractivity contribution in [3.8, 4) is 22.9 Å². The van der Waals surface area contributed by atoms with E-state index >= 15 is 0 Å². The number of ether oxygens (including phenoxy) is 1. The zero-order valence-electron chi connectivity index (χ0n) is 15.6. The lowest BCUT2D eigenvalue weighted by Crippen LogP contribution is -1.99. The number of aromatic nitrogens is 3. The third-order valence-corrected chi connectivity index (χ3v) is 5.04. The summed E-state index contributed by atoms with van der Waals surface area (Å²) in [5.41, 5.74) is 4.67. The Morgan fingerprint density at radius 3 is 2.75 bits per heavy atom. The number of imidazole rings is 1. The second-order valence-corrected chi connectivity index (χ2v) is 7.33. The molecule has 2 heterocycles. The van der Waals surface area contributed by atoms with Gasteiger partial charge in [-0.25, -0.2) is 14.4 Å². The van der Waals surface area contributed by atoms with Gasteiger partial charge in [0.2, 0.25) is 5.88 Å². The number of nitrogens with one attached hydrogen (secondary N) is 1. The van der Waals surface area contributed by atoms with Crippen LogP contribution in [0.2, 0.25) is 0 Å². The molecule has 4 nitrogen and oxygen atoms in total.